The fraction of sp³-hybridized carbons (Fsp3) is 0.526. The second-order valence-corrected chi connectivity index (χ2v) is 8.08. The molecule has 7 heteroatoms. The molecule has 3 aromatic heterocycles. The maximum Gasteiger partial charge on any atom is 0.177 e. The van der Waals surface area contributed by atoms with Crippen LogP contribution in [-0.4, -0.2) is 42.9 Å². The SMILES string of the molecule is Cc1cncc(N2CCC(c3nnc4ccc(C(C)(C)C)nn34)CC2)n1. The van der Waals surface area contributed by atoms with Gasteiger partial charge in [0.2, 0.25) is 0 Å². The van der Waals surface area contributed by atoms with Gasteiger partial charge in [-0.2, -0.15) is 9.61 Å². The zero-order valence-electron chi connectivity index (χ0n) is 15.8. The fourth-order valence-electron chi connectivity index (χ4n) is 3.43. The highest BCUT2D eigenvalue weighted by Crippen LogP contribution is 2.29. The van der Waals surface area contributed by atoms with Crippen LogP contribution in [0.3, 0.4) is 0 Å². The zero-order valence-corrected chi connectivity index (χ0v) is 15.8. The molecular formula is C19H25N7. The first kappa shape index (κ1) is 16.9. The van der Waals surface area contributed by atoms with Gasteiger partial charge in [0.25, 0.3) is 0 Å². The van der Waals surface area contributed by atoms with Gasteiger partial charge in [-0.3, -0.25) is 4.98 Å². The van der Waals surface area contributed by atoms with Crippen molar-refractivity contribution in [3.05, 3.63) is 41.7 Å². The first-order valence-electron chi connectivity index (χ1n) is 9.18. The van der Waals surface area contributed by atoms with E-state index in [4.69, 9.17) is 5.10 Å². The zero-order chi connectivity index (χ0) is 18.3. The smallest absolute Gasteiger partial charge is 0.177 e. The Morgan fingerprint density at radius 1 is 1.04 bits per heavy atom. The number of aryl methyl sites for hydroxylation is 1. The highest BCUT2D eigenvalue weighted by Gasteiger charge is 2.26. The van der Waals surface area contributed by atoms with Gasteiger partial charge in [0.15, 0.2) is 11.5 Å². The minimum absolute atomic E-state index is 0.00291. The van der Waals surface area contributed by atoms with E-state index in [1.165, 1.54) is 0 Å². The van der Waals surface area contributed by atoms with Crippen molar-refractivity contribution in [1.29, 1.82) is 0 Å². The normalized spacial score (nSPS) is 16.4. The van der Waals surface area contributed by atoms with E-state index in [0.29, 0.717) is 5.92 Å². The van der Waals surface area contributed by atoms with Crippen LogP contribution in [0.15, 0.2) is 24.5 Å². The van der Waals surface area contributed by atoms with E-state index in [2.05, 4.69) is 45.8 Å². The summed E-state index contributed by atoms with van der Waals surface area (Å²) in [7, 11) is 0. The van der Waals surface area contributed by atoms with Gasteiger partial charge in [-0.25, -0.2) is 4.98 Å². The van der Waals surface area contributed by atoms with Crippen molar-refractivity contribution >= 4 is 11.5 Å². The molecule has 0 atom stereocenters. The predicted molar refractivity (Wildman–Crippen MR) is 100 cm³/mol. The van der Waals surface area contributed by atoms with Crippen molar-refractivity contribution in [3.63, 3.8) is 0 Å². The Kier molecular flexibility index (Phi) is 4.09. The average Bonchev–Trinajstić information content (AvgIpc) is 3.04. The number of aromatic nitrogens is 6. The quantitative estimate of drug-likeness (QED) is 0.707. The molecule has 0 radical (unpaired) electrons. The van der Waals surface area contributed by atoms with E-state index in [9.17, 15) is 0 Å². The Morgan fingerprint density at radius 2 is 1.81 bits per heavy atom. The summed E-state index contributed by atoms with van der Waals surface area (Å²) in [5.74, 6) is 2.30. The van der Waals surface area contributed by atoms with Gasteiger partial charge in [0.05, 0.1) is 17.6 Å². The lowest BCUT2D eigenvalue weighted by atomic mass is 9.92. The first-order chi connectivity index (χ1) is 12.4. The van der Waals surface area contributed by atoms with Gasteiger partial charge in [0, 0.05) is 30.6 Å². The molecule has 1 aliphatic rings. The van der Waals surface area contributed by atoms with Gasteiger partial charge in [-0.15, -0.1) is 10.2 Å². The van der Waals surface area contributed by atoms with Gasteiger partial charge < -0.3 is 4.90 Å². The Balaban J connectivity index is 1.56. The van der Waals surface area contributed by atoms with E-state index in [0.717, 1.165) is 54.6 Å². The molecule has 7 nitrogen and oxygen atoms in total. The molecule has 1 saturated heterocycles. The molecule has 1 fully saturated rings. The minimum atomic E-state index is 0.00291. The molecule has 4 rings (SSSR count). The van der Waals surface area contributed by atoms with Crippen molar-refractivity contribution < 1.29 is 0 Å². The molecular weight excluding hydrogens is 326 g/mol. The molecule has 3 aromatic rings. The van der Waals surface area contributed by atoms with Crippen molar-refractivity contribution in [2.45, 2.75) is 51.9 Å². The third-order valence-corrected chi connectivity index (χ3v) is 4.98. The van der Waals surface area contributed by atoms with Gasteiger partial charge in [-0.05, 0) is 31.9 Å². The summed E-state index contributed by atoms with van der Waals surface area (Å²) in [6, 6.07) is 4.06. The van der Waals surface area contributed by atoms with Crippen molar-refractivity contribution in [3.8, 4) is 0 Å². The van der Waals surface area contributed by atoms with Crippen molar-refractivity contribution in [2.75, 3.05) is 18.0 Å². The second kappa shape index (κ2) is 6.30. The van der Waals surface area contributed by atoms with Gasteiger partial charge in [-0.1, -0.05) is 20.8 Å². The van der Waals surface area contributed by atoms with E-state index >= 15 is 0 Å². The average molecular weight is 351 g/mol. The summed E-state index contributed by atoms with van der Waals surface area (Å²) < 4.78 is 1.94. The number of fused-ring (bicyclic) bond motifs is 1. The maximum atomic E-state index is 4.83. The maximum absolute atomic E-state index is 4.83. The fourth-order valence-corrected chi connectivity index (χ4v) is 3.43. The lowest BCUT2D eigenvalue weighted by molar-refractivity contribution is 0.470. The lowest BCUT2D eigenvalue weighted by Gasteiger charge is -2.31. The molecule has 0 spiro atoms. The summed E-state index contributed by atoms with van der Waals surface area (Å²) in [4.78, 5) is 11.2. The van der Waals surface area contributed by atoms with Gasteiger partial charge in [0.1, 0.15) is 5.82 Å². The van der Waals surface area contributed by atoms with E-state index in [1.807, 2.05) is 29.8 Å². The van der Waals surface area contributed by atoms with Crippen LogP contribution in [0.25, 0.3) is 5.65 Å². The number of hydrogen-bond acceptors (Lipinski definition) is 6. The molecule has 0 amide bonds. The molecule has 136 valence electrons. The second-order valence-electron chi connectivity index (χ2n) is 8.08. The third-order valence-electron chi connectivity index (χ3n) is 4.98. The molecule has 0 N–H and O–H groups in total. The number of hydrogen-bond donors (Lipinski definition) is 0. The molecule has 26 heavy (non-hydrogen) atoms. The van der Waals surface area contributed by atoms with Crippen LogP contribution in [0.1, 0.15) is 56.7 Å². The Hall–Kier alpha value is -2.57. The Bertz CT molecular complexity index is 917. The number of anilines is 1. The summed E-state index contributed by atoms with van der Waals surface area (Å²) in [6.45, 7) is 10.4. The molecule has 1 aliphatic heterocycles. The van der Waals surface area contributed by atoms with E-state index in [-0.39, 0.29) is 5.41 Å². The van der Waals surface area contributed by atoms with Gasteiger partial charge >= 0.3 is 0 Å². The highest BCUT2D eigenvalue weighted by molar-refractivity contribution is 5.39. The third kappa shape index (κ3) is 3.13. The molecule has 0 bridgehead atoms. The summed E-state index contributed by atoms with van der Waals surface area (Å²) in [5.41, 5.74) is 2.83. The van der Waals surface area contributed by atoms with Crippen LogP contribution in [0.2, 0.25) is 0 Å². The van der Waals surface area contributed by atoms with E-state index in [1.54, 1.807) is 6.20 Å². The van der Waals surface area contributed by atoms with Crippen LogP contribution in [0.4, 0.5) is 5.82 Å². The summed E-state index contributed by atoms with van der Waals surface area (Å²) >= 11 is 0. The Labute approximate surface area is 153 Å². The monoisotopic (exact) mass is 351 g/mol. The van der Waals surface area contributed by atoms with E-state index < -0.39 is 0 Å². The Morgan fingerprint density at radius 3 is 2.50 bits per heavy atom. The van der Waals surface area contributed by atoms with Crippen LogP contribution in [0.5, 0.6) is 0 Å². The molecule has 0 aromatic carbocycles. The summed E-state index contributed by atoms with van der Waals surface area (Å²) in [5, 5.41) is 13.6. The largest absolute Gasteiger partial charge is 0.355 e. The number of piperidine rings is 1. The van der Waals surface area contributed by atoms with Crippen LogP contribution in [0, 0.1) is 6.92 Å². The predicted octanol–water partition coefficient (Wildman–Crippen LogP) is 2.90. The topological polar surface area (TPSA) is 72.1 Å². The minimum Gasteiger partial charge on any atom is -0.355 e. The lowest BCUT2D eigenvalue weighted by Crippen LogP contribution is -2.34. The number of rotatable bonds is 2. The standard InChI is InChI=1S/C19H25N7/c1-13-11-20-12-17(21-13)25-9-7-14(8-10-25)18-23-22-16-6-5-15(19(2,3)4)24-26(16)18/h5-6,11-12,14H,7-10H2,1-4H3. The van der Waals surface area contributed by atoms with Crippen LogP contribution in [-0.2, 0) is 5.41 Å². The highest BCUT2D eigenvalue weighted by atomic mass is 15.4. The molecule has 0 unspecified atom stereocenters. The number of nitrogens with zero attached hydrogens (tertiary/aromatic N) is 7. The molecule has 4 heterocycles. The summed E-state index contributed by atoms with van der Waals surface area (Å²) in [6.07, 6.45) is 5.66. The molecule has 0 aliphatic carbocycles. The van der Waals surface area contributed by atoms with Crippen molar-refractivity contribution in [1.82, 2.24) is 29.8 Å². The van der Waals surface area contributed by atoms with Crippen LogP contribution < -0.4 is 4.90 Å². The first-order valence-corrected chi connectivity index (χ1v) is 9.18. The molecule has 0 saturated carbocycles. The van der Waals surface area contributed by atoms with Crippen LogP contribution >= 0.6 is 0 Å². The van der Waals surface area contributed by atoms with Crippen molar-refractivity contribution in [2.24, 2.45) is 0 Å².